The summed E-state index contributed by atoms with van der Waals surface area (Å²) in [5.74, 6) is 0.242. The molecule has 0 atom stereocenters. The van der Waals surface area contributed by atoms with Crippen LogP contribution in [0.25, 0.3) is 0 Å². The fourth-order valence-electron chi connectivity index (χ4n) is 2.18. The fraction of sp³-hybridized carbons (Fsp3) is 0.278. The number of halogens is 2. The molecule has 2 rings (SSSR count). The Morgan fingerprint density at radius 1 is 1.17 bits per heavy atom. The summed E-state index contributed by atoms with van der Waals surface area (Å²) in [4.78, 5) is 14.2. The number of amides is 1. The van der Waals surface area contributed by atoms with Crippen LogP contribution in [0.5, 0.6) is 5.75 Å². The van der Waals surface area contributed by atoms with Crippen molar-refractivity contribution in [3.63, 3.8) is 0 Å². The van der Waals surface area contributed by atoms with Crippen LogP contribution in [0, 0.1) is 5.82 Å². The number of hydrogen-bond donors (Lipinski definition) is 0. The van der Waals surface area contributed by atoms with E-state index < -0.39 is 0 Å². The molecule has 0 aliphatic carbocycles. The summed E-state index contributed by atoms with van der Waals surface area (Å²) in [5.41, 5.74) is 0.510. The van der Waals surface area contributed by atoms with Gasteiger partial charge in [0.2, 0.25) is 0 Å². The Hall–Kier alpha value is -2.07. The van der Waals surface area contributed by atoms with Gasteiger partial charge in [0, 0.05) is 13.1 Å². The largest absolute Gasteiger partial charge is 0.494 e. The van der Waals surface area contributed by atoms with Crippen molar-refractivity contribution in [1.29, 1.82) is 0 Å². The Morgan fingerprint density at radius 2 is 1.87 bits per heavy atom. The first kappa shape index (κ1) is 17.3. The first-order valence-electron chi connectivity index (χ1n) is 7.54. The monoisotopic (exact) mass is 335 g/mol. The zero-order valence-electron chi connectivity index (χ0n) is 13.0. The Morgan fingerprint density at radius 3 is 2.52 bits per heavy atom. The van der Waals surface area contributed by atoms with Crippen LogP contribution in [0.15, 0.2) is 48.5 Å². The Balaban J connectivity index is 1.84. The molecule has 1 amide bonds. The van der Waals surface area contributed by atoms with Crippen molar-refractivity contribution < 1.29 is 13.9 Å². The third-order valence-electron chi connectivity index (χ3n) is 3.43. The SMILES string of the molecule is CCN(CCCOc1ccc(F)cc1)C(=O)c1ccccc1Cl. The van der Waals surface area contributed by atoms with E-state index in [4.69, 9.17) is 16.3 Å². The van der Waals surface area contributed by atoms with Crippen LogP contribution in [0.4, 0.5) is 4.39 Å². The molecular formula is C18H19ClFNO2. The molecule has 0 aliphatic heterocycles. The predicted molar refractivity (Wildman–Crippen MR) is 89.5 cm³/mol. The van der Waals surface area contributed by atoms with Crippen molar-refractivity contribution in [2.24, 2.45) is 0 Å². The quantitative estimate of drug-likeness (QED) is 0.701. The number of ether oxygens (including phenoxy) is 1. The average Bonchev–Trinajstić information content (AvgIpc) is 2.56. The van der Waals surface area contributed by atoms with Gasteiger partial charge in [-0.3, -0.25) is 4.79 Å². The average molecular weight is 336 g/mol. The van der Waals surface area contributed by atoms with Crippen molar-refractivity contribution >= 4 is 17.5 Å². The molecule has 0 radical (unpaired) electrons. The van der Waals surface area contributed by atoms with Crippen LogP contribution >= 0.6 is 11.6 Å². The number of hydrogen-bond acceptors (Lipinski definition) is 2. The third-order valence-corrected chi connectivity index (χ3v) is 3.76. The van der Waals surface area contributed by atoms with E-state index in [0.717, 1.165) is 0 Å². The van der Waals surface area contributed by atoms with Gasteiger partial charge in [0.15, 0.2) is 0 Å². The van der Waals surface area contributed by atoms with Crippen LogP contribution in [0.1, 0.15) is 23.7 Å². The lowest BCUT2D eigenvalue weighted by Gasteiger charge is -2.21. The molecule has 0 saturated carbocycles. The summed E-state index contributed by atoms with van der Waals surface area (Å²) >= 11 is 6.07. The lowest BCUT2D eigenvalue weighted by atomic mass is 10.2. The zero-order valence-corrected chi connectivity index (χ0v) is 13.7. The number of carbonyl (C=O) groups excluding carboxylic acids is 1. The highest BCUT2D eigenvalue weighted by Crippen LogP contribution is 2.17. The summed E-state index contributed by atoms with van der Waals surface area (Å²) < 4.78 is 18.3. The van der Waals surface area contributed by atoms with Crippen molar-refractivity contribution in [1.82, 2.24) is 4.90 Å². The number of carbonyl (C=O) groups is 1. The van der Waals surface area contributed by atoms with Crippen molar-refractivity contribution in [2.75, 3.05) is 19.7 Å². The van der Waals surface area contributed by atoms with Gasteiger partial charge in [0.25, 0.3) is 5.91 Å². The molecule has 2 aromatic rings. The molecular weight excluding hydrogens is 317 g/mol. The second kappa shape index (κ2) is 8.53. The van der Waals surface area contributed by atoms with Gasteiger partial charge in [-0.25, -0.2) is 4.39 Å². The normalized spacial score (nSPS) is 10.4. The maximum atomic E-state index is 12.8. The minimum Gasteiger partial charge on any atom is -0.494 e. The van der Waals surface area contributed by atoms with E-state index in [0.29, 0.717) is 42.5 Å². The van der Waals surface area contributed by atoms with Gasteiger partial charge >= 0.3 is 0 Å². The lowest BCUT2D eigenvalue weighted by Crippen LogP contribution is -2.32. The van der Waals surface area contributed by atoms with Crippen LogP contribution in [0.3, 0.4) is 0 Å². The first-order chi connectivity index (χ1) is 11.1. The second-order valence-electron chi connectivity index (χ2n) is 5.02. The van der Waals surface area contributed by atoms with Gasteiger partial charge in [-0.2, -0.15) is 0 Å². The second-order valence-corrected chi connectivity index (χ2v) is 5.43. The van der Waals surface area contributed by atoms with E-state index in [1.807, 2.05) is 6.92 Å². The van der Waals surface area contributed by atoms with E-state index in [1.54, 1.807) is 41.3 Å². The van der Waals surface area contributed by atoms with E-state index in [9.17, 15) is 9.18 Å². The topological polar surface area (TPSA) is 29.5 Å². The van der Waals surface area contributed by atoms with Crippen LogP contribution in [-0.2, 0) is 0 Å². The van der Waals surface area contributed by atoms with Gasteiger partial charge in [0.05, 0.1) is 17.2 Å². The highest BCUT2D eigenvalue weighted by Gasteiger charge is 2.16. The number of nitrogens with zero attached hydrogens (tertiary/aromatic N) is 1. The van der Waals surface area contributed by atoms with Gasteiger partial charge < -0.3 is 9.64 Å². The smallest absolute Gasteiger partial charge is 0.255 e. The van der Waals surface area contributed by atoms with Crippen LogP contribution < -0.4 is 4.74 Å². The highest BCUT2D eigenvalue weighted by atomic mass is 35.5. The summed E-state index contributed by atoms with van der Waals surface area (Å²) in [7, 11) is 0. The number of benzene rings is 2. The molecule has 0 unspecified atom stereocenters. The van der Waals surface area contributed by atoms with Crippen molar-refractivity contribution in [3.05, 3.63) is 64.9 Å². The van der Waals surface area contributed by atoms with Gasteiger partial charge in [-0.05, 0) is 49.7 Å². The standard InChI is InChI=1S/C18H19ClFNO2/c1-2-21(18(22)16-6-3-4-7-17(16)19)12-5-13-23-15-10-8-14(20)9-11-15/h3-4,6-11H,2,5,12-13H2,1H3. The van der Waals surface area contributed by atoms with E-state index in [1.165, 1.54) is 12.1 Å². The van der Waals surface area contributed by atoms with Gasteiger partial charge in [-0.1, -0.05) is 23.7 Å². The minimum absolute atomic E-state index is 0.0834. The first-order valence-corrected chi connectivity index (χ1v) is 7.91. The maximum Gasteiger partial charge on any atom is 0.255 e. The van der Waals surface area contributed by atoms with E-state index in [2.05, 4.69) is 0 Å². The number of rotatable bonds is 7. The van der Waals surface area contributed by atoms with Crippen molar-refractivity contribution in [3.8, 4) is 5.75 Å². The Bertz CT molecular complexity index is 646. The fourth-order valence-corrected chi connectivity index (χ4v) is 2.40. The zero-order chi connectivity index (χ0) is 16.7. The molecule has 0 spiro atoms. The van der Waals surface area contributed by atoms with Crippen LogP contribution in [0.2, 0.25) is 5.02 Å². The minimum atomic E-state index is -0.292. The molecule has 3 nitrogen and oxygen atoms in total. The molecule has 0 saturated heterocycles. The van der Waals surface area contributed by atoms with Gasteiger partial charge in [-0.15, -0.1) is 0 Å². The molecule has 122 valence electrons. The maximum absolute atomic E-state index is 12.8. The van der Waals surface area contributed by atoms with Gasteiger partial charge in [0.1, 0.15) is 11.6 Å². The van der Waals surface area contributed by atoms with Crippen molar-refractivity contribution in [2.45, 2.75) is 13.3 Å². The summed E-state index contributed by atoms with van der Waals surface area (Å²) in [6.07, 6.45) is 0.682. The summed E-state index contributed by atoms with van der Waals surface area (Å²) in [5, 5.41) is 0.457. The molecule has 5 heteroatoms. The third kappa shape index (κ3) is 4.96. The van der Waals surface area contributed by atoms with E-state index in [-0.39, 0.29) is 11.7 Å². The van der Waals surface area contributed by atoms with E-state index >= 15 is 0 Å². The molecule has 0 aliphatic rings. The highest BCUT2D eigenvalue weighted by molar-refractivity contribution is 6.33. The molecule has 23 heavy (non-hydrogen) atoms. The Kier molecular flexibility index (Phi) is 6.41. The molecule has 0 aromatic heterocycles. The summed E-state index contributed by atoms with van der Waals surface area (Å²) in [6, 6.07) is 12.9. The Labute approximate surface area is 140 Å². The molecule has 0 bridgehead atoms. The lowest BCUT2D eigenvalue weighted by molar-refractivity contribution is 0.0756. The molecule has 2 aromatic carbocycles. The predicted octanol–water partition coefficient (Wildman–Crippen LogP) is 4.41. The molecule has 0 fully saturated rings. The molecule has 0 N–H and O–H groups in total. The van der Waals surface area contributed by atoms with Crippen LogP contribution in [-0.4, -0.2) is 30.5 Å². The summed E-state index contributed by atoms with van der Waals surface area (Å²) in [6.45, 7) is 3.55. The molecule has 0 heterocycles.